The Labute approximate surface area is 97.6 Å². The maximum Gasteiger partial charge on any atom is 0.303 e. The van der Waals surface area contributed by atoms with Gasteiger partial charge in [-0.25, -0.2) is 0 Å². The smallest absolute Gasteiger partial charge is 0.303 e. The number of aliphatic carboxylic acids is 1. The number of carboxylic acids is 1. The van der Waals surface area contributed by atoms with E-state index in [1.807, 2.05) is 0 Å². The van der Waals surface area contributed by atoms with E-state index in [4.69, 9.17) is 9.84 Å². The highest BCUT2D eigenvalue weighted by molar-refractivity contribution is 5.66. The zero-order chi connectivity index (χ0) is 11.8. The van der Waals surface area contributed by atoms with E-state index < -0.39 is 5.97 Å². The van der Waals surface area contributed by atoms with Crippen molar-refractivity contribution < 1.29 is 14.6 Å². The van der Waals surface area contributed by atoms with Crippen molar-refractivity contribution in [2.75, 3.05) is 26.7 Å². The number of rotatable bonds is 8. The van der Waals surface area contributed by atoms with E-state index in [-0.39, 0.29) is 6.42 Å². The topological polar surface area (TPSA) is 49.8 Å². The average molecular weight is 229 g/mol. The van der Waals surface area contributed by atoms with Crippen LogP contribution in [0.2, 0.25) is 0 Å². The Bertz CT molecular complexity index is 202. The monoisotopic (exact) mass is 229 g/mol. The Balaban J connectivity index is 1.92. The largest absolute Gasteiger partial charge is 0.481 e. The van der Waals surface area contributed by atoms with Crippen LogP contribution in [0.5, 0.6) is 0 Å². The number of carboxylic acid groups (broad SMARTS) is 1. The van der Waals surface area contributed by atoms with Gasteiger partial charge in [0.1, 0.15) is 0 Å². The van der Waals surface area contributed by atoms with Crippen molar-refractivity contribution in [1.82, 2.24) is 4.90 Å². The summed E-state index contributed by atoms with van der Waals surface area (Å²) in [6.45, 7) is 2.84. The zero-order valence-electron chi connectivity index (χ0n) is 10.2. The van der Waals surface area contributed by atoms with Crippen molar-refractivity contribution in [2.24, 2.45) is 0 Å². The second kappa shape index (κ2) is 7.63. The molecule has 0 spiro atoms. The van der Waals surface area contributed by atoms with Crippen LogP contribution in [0.1, 0.15) is 38.5 Å². The summed E-state index contributed by atoms with van der Waals surface area (Å²) in [5.41, 5.74) is 0. The van der Waals surface area contributed by atoms with Crippen LogP contribution >= 0.6 is 0 Å². The molecule has 4 nitrogen and oxygen atoms in total. The zero-order valence-corrected chi connectivity index (χ0v) is 10.2. The number of nitrogens with zero attached hydrogens (tertiary/aromatic N) is 1. The van der Waals surface area contributed by atoms with Crippen LogP contribution in [0.3, 0.4) is 0 Å². The highest BCUT2D eigenvalue weighted by atomic mass is 16.5. The van der Waals surface area contributed by atoms with Gasteiger partial charge in [0.15, 0.2) is 0 Å². The second-order valence-corrected chi connectivity index (χ2v) is 4.58. The quantitative estimate of drug-likeness (QED) is 0.689. The van der Waals surface area contributed by atoms with Crippen molar-refractivity contribution in [3.8, 4) is 0 Å². The number of ether oxygens (including phenoxy) is 1. The van der Waals surface area contributed by atoms with Crippen molar-refractivity contribution in [1.29, 1.82) is 0 Å². The Morgan fingerprint density at radius 2 is 2.19 bits per heavy atom. The minimum Gasteiger partial charge on any atom is -0.481 e. The molecular formula is C12H23NO3. The average Bonchev–Trinajstić information content (AvgIpc) is 2.70. The first-order chi connectivity index (χ1) is 7.68. The molecule has 1 atom stereocenters. The van der Waals surface area contributed by atoms with Gasteiger partial charge >= 0.3 is 5.97 Å². The lowest BCUT2D eigenvalue weighted by molar-refractivity contribution is -0.137. The van der Waals surface area contributed by atoms with Crippen LogP contribution < -0.4 is 0 Å². The molecule has 0 aliphatic carbocycles. The summed E-state index contributed by atoms with van der Waals surface area (Å²) in [4.78, 5) is 12.5. The lowest BCUT2D eigenvalue weighted by atomic mass is 10.1. The maximum absolute atomic E-state index is 10.3. The fraction of sp³-hybridized carbons (Fsp3) is 0.917. The van der Waals surface area contributed by atoms with Gasteiger partial charge in [-0.3, -0.25) is 4.79 Å². The van der Waals surface area contributed by atoms with E-state index in [1.54, 1.807) is 0 Å². The molecule has 1 unspecified atom stereocenters. The Morgan fingerprint density at radius 1 is 1.44 bits per heavy atom. The molecule has 0 aromatic carbocycles. The Hall–Kier alpha value is -0.610. The van der Waals surface area contributed by atoms with E-state index in [1.165, 1.54) is 12.8 Å². The van der Waals surface area contributed by atoms with Crippen LogP contribution in [0.25, 0.3) is 0 Å². The van der Waals surface area contributed by atoms with E-state index in [0.717, 1.165) is 39.0 Å². The highest BCUT2D eigenvalue weighted by Gasteiger charge is 2.14. The Kier molecular flexibility index (Phi) is 6.42. The van der Waals surface area contributed by atoms with Crippen molar-refractivity contribution >= 4 is 5.97 Å². The molecule has 1 aliphatic heterocycles. The second-order valence-electron chi connectivity index (χ2n) is 4.58. The van der Waals surface area contributed by atoms with Gasteiger partial charge in [-0.05, 0) is 52.2 Å². The SMILES string of the molecule is CN(CCCC(=O)O)CCCC1CCCO1. The number of hydrogen-bond donors (Lipinski definition) is 1. The molecule has 0 aromatic rings. The minimum atomic E-state index is -0.701. The highest BCUT2D eigenvalue weighted by Crippen LogP contribution is 2.16. The number of hydrogen-bond acceptors (Lipinski definition) is 3. The Morgan fingerprint density at radius 3 is 2.81 bits per heavy atom. The molecule has 16 heavy (non-hydrogen) atoms. The third kappa shape index (κ3) is 6.08. The molecule has 1 saturated heterocycles. The van der Waals surface area contributed by atoms with E-state index in [9.17, 15) is 4.79 Å². The van der Waals surface area contributed by atoms with Gasteiger partial charge in [0.05, 0.1) is 6.10 Å². The summed E-state index contributed by atoms with van der Waals surface area (Å²) < 4.78 is 5.55. The van der Waals surface area contributed by atoms with Crippen molar-refractivity contribution in [2.45, 2.75) is 44.6 Å². The van der Waals surface area contributed by atoms with Crippen molar-refractivity contribution in [3.05, 3.63) is 0 Å². The van der Waals surface area contributed by atoms with E-state index in [0.29, 0.717) is 6.10 Å². The summed E-state index contributed by atoms with van der Waals surface area (Å²) in [5.74, 6) is -0.701. The summed E-state index contributed by atoms with van der Waals surface area (Å²) in [6.07, 6.45) is 6.20. The van der Waals surface area contributed by atoms with Gasteiger partial charge in [-0.15, -0.1) is 0 Å². The third-order valence-corrected chi connectivity index (χ3v) is 3.02. The summed E-state index contributed by atoms with van der Waals surface area (Å²) in [6, 6.07) is 0. The van der Waals surface area contributed by atoms with Crippen molar-refractivity contribution in [3.63, 3.8) is 0 Å². The first-order valence-electron chi connectivity index (χ1n) is 6.20. The van der Waals surface area contributed by atoms with Crippen LogP contribution in [-0.2, 0) is 9.53 Å². The molecule has 4 heteroatoms. The molecule has 0 bridgehead atoms. The van der Waals surface area contributed by atoms with Crippen LogP contribution in [0, 0.1) is 0 Å². The van der Waals surface area contributed by atoms with Gasteiger partial charge in [-0.2, -0.15) is 0 Å². The maximum atomic E-state index is 10.3. The summed E-state index contributed by atoms with van der Waals surface area (Å²) in [7, 11) is 2.05. The predicted molar refractivity (Wildman–Crippen MR) is 62.6 cm³/mol. The van der Waals surface area contributed by atoms with Crippen LogP contribution in [0.4, 0.5) is 0 Å². The summed E-state index contributed by atoms with van der Waals surface area (Å²) >= 11 is 0. The van der Waals surface area contributed by atoms with Gasteiger partial charge in [0, 0.05) is 13.0 Å². The molecule has 0 amide bonds. The minimum absolute atomic E-state index is 0.274. The molecule has 1 aliphatic rings. The third-order valence-electron chi connectivity index (χ3n) is 3.02. The molecular weight excluding hydrogens is 206 g/mol. The molecule has 0 saturated carbocycles. The first kappa shape index (κ1) is 13.5. The molecule has 0 aromatic heterocycles. The predicted octanol–water partition coefficient (Wildman–Crippen LogP) is 1.74. The molecule has 1 N–H and O–H groups in total. The fourth-order valence-electron chi connectivity index (χ4n) is 2.07. The van der Waals surface area contributed by atoms with Crippen LogP contribution in [0.15, 0.2) is 0 Å². The first-order valence-corrected chi connectivity index (χ1v) is 6.20. The van der Waals surface area contributed by atoms with Gasteiger partial charge in [0.25, 0.3) is 0 Å². The number of carbonyl (C=O) groups is 1. The summed E-state index contributed by atoms with van der Waals surface area (Å²) in [5, 5.41) is 8.51. The molecule has 94 valence electrons. The van der Waals surface area contributed by atoms with Crippen LogP contribution in [-0.4, -0.2) is 48.8 Å². The van der Waals surface area contributed by atoms with E-state index in [2.05, 4.69) is 11.9 Å². The fourth-order valence-corrected chi connectivity index (χ4v) is 2.07. The molecule has 1 fully saturated rings. The van der Waals surface area contributed by atoms with Gasteiger partial charge in [-0.1, -0.05) is 0 Å². The molecule has 1 heterocycles. The van der Waals surface area contributed by atoms with Gasteiger partial charge < -0.3 is 14.7 Å². The standard InChI is InChI=1S/C12H23NO3/c1-13(9-3-7-12(14)15)8-2-5-11-6-4-10-16-11/h11H,2-10H2,1H3,(H,14,15). The lowest BCUT2D eigenvalue weighted by Crippen LogP contribution is -2.22. The molecule has 1 rings (SSSR count). The normalized spacial score (nSPS) is 20.5. The van der Waals surface area contributed by atoms with Gasteiger partial charge in [0.2, 0.25) is 0 Å². The van der Waals surface area contributed by atoms with E-state index >= 15 is 0 Å². The molecule has 0 radical (unpaired) electrons. The lowest BCUT2D eigenvalue weighted by Gasteiger charge is -2.17.